The highest BCUT2D eigenvalue weighted by molar-refractivity contribution is 5.99. The molecule has 4 rings (SSSR count). The molecule has 1 aliphatic carbocycles. The Morgan fingerprint density at radius 1 is 1.00 bits per heavy atom. The van der Waals surface area contributed by atoms with Gasteiger partial charge in [0.15, 0.2) is 5.78 Å². The Hall–Kier alpha value is -2.36. The highest BCUT2D eigenvalue weighted by Gasteiger charge is 2.48. The van der Waals surface area contributed by atoms with Crippen molar-refractivity contribution in [3.63, 3.8) is 0 Å². The summed E-state index contributed by atoms with van der Waals surface area (Å²) in [6.07, 6.45) is -2.06. The van der Waals surface area contributed by atoms with E-state index < -0.39 is 24.0 Å². The van der Waals surface area contributed by atoms with Crippen molar-refractivity contribution >= 4 is 17.6 Å². The van der Waals surface area contributed by atoms with Gasteiger partial charge in [-0.1, -0.05) is 0 Å². The summed E-state index contributed by atoms with van der Waals surface area (Å²) in [6.45, 7) is 5.79. The number of amides is 2. The molecule has 2 aliphatic heterocycles. The Labute approximate surface area is 185 Å². The van der Waals surface area contributed by atoms with E-state index in [9.17, 15) is 27.6 Å². The van der Waals surface area contributed by atoms with E-state index in [1.807, 2.05) is 24.8 Å². The number of carbonyl (C=O) groups excluding carboxylic acids is 3. The van der Waals surface area contributed by atoms with Crippen LogP contribution in [0.4, 0.5) is 13.2 Å². The number of ketones is 1. The van der Waals surface area contributed by atoms with Crippen LogP contribution in [0, 0.1) is 13.8 Å². The second kappa shape index (κ2) is 8.53. The molecule has 0 aromatic carbocycles. The first-order valence-electron chi connectivity index (χ1n) is 11.2. The number of Topliss-reactive ketones (excluding diaryl/α,β-unsaturated/α-hetero) is 1. The van der Waals surface area contributed by atoms with Crippen molar-refractivity contribution in [2.24, 2.45) is 0 Å². The summed E-state index contributed by atoms with van der Waals surface area (Å²) in [5.41, 5.74) is 2.83. The van der Waals surface area contributed by atoms with Gasteiger partial charge < -0.3 is 14.4 Å². The topological polar surface area (TPSA) is 65.9 Å². The molecule has 10 heteroatoms. The Morgan fingerprint density at radius 2 is 1.66 bits per heavy atom. The quantitative estimate of drug-likeness (QED) is 0.641. The standard InChI is InChI=1S/C22H29F3N4O3/c1-14-12-17(15(2)29(14)16-5-6-16)19(30)13-26-8-10-27(11-9-26)20(31)18-4-3-7-28(18)21(32)22(23,24)25/h12,16,18H,3-11,13H2,1-2H3. The minimum absolute atomic E-state index is 0.0440. The predicted molar refractivity (Wildman–Crippen MR) is 110 cm³/mol. The van der Waals surface area contributed by atoms with Crippen LogP contribution in [0.25, 0.3) is 0 Å². The van der Waals surface area contributed by atoms with Gasteiger partial charge in [0.05, 0.1) is 6.54 Å². The van der Waals surface area contributed by atoms with Crippen molar-refractivity contribution in [2.75, 3.05) is 39.3 Å². The lowest BCUT2D eigenvalue weighted by molar-refractivity contribution is -0.187. The Balaban J connectivity index is 1.32. The molecule has 2 amide bonds. The molecular formula is C22H29F3N4O3. The zero-order valence-electron chi connectivity index (χ0n) is 18.5. The fourth-order valence-corrected chi connectivity index (χ4v) is 5.01. The van der Waals surface area contributed by atoms with Crippen LogP contribution in [0.5, 0.6) is 0 Å². The van der Waals surface area contributed by atoms with E-state index in [0.29, 0.717) is 43.5 Å². The van der Waals surface area contributed by atoms with Crippen LogP contribution >= 0.6 is 0 Å². The van der Waals surface area contributed by atoms with Crippen molar-refractivity contribution in [2.45, 2.75) is 57.8 Å². The van der Waals surface area contributed by atoms with E-state index in [-0.39, 0.29) is 25.3 Å². The molecule has 3 fully saturated rings. The normalized spacial score (nSPS) is 22.5. The first kappa shape index (κ1) is 22.8. The lowest BCUT2D eigenvalue weighted by atomic mass is 10.1. The molecule has 1 unspecified atom stereocenters. The molecule has 1 atom stereocenters. The van der Waals surface area contributed by atoms with E-state index >= 15 is 0 Å². The molecular weight excluding hydrogens is 425 g/mol. The molecule has 2 saturated heterocycles. The molecule has 0 N–H and O–H groups in total. The summed E-state index contributed by atoms with van der Waals surface area (Å²) in [7, 11) is 0. The zero-order chi connectivity index (χ0) is 23.2. The van der Waals surface area contributed by atoms with E-state index in [1.54, 1.807) is 0 Å². The number of rotatable bonds is 5. The van der Waals surface area contributed by atoms with Crippen molar-refractivity contribution in [3.8, 4) is 0 Å². The monoisotopic (exact) mass is 454 g/mol. The minimum Gasteiger partial charge on any atom is -0.345 e. The molecule has 3 aliphatic rings. The van der Waals surface area contributed by atoms with Crippen molar-refractivity contribution in [1.82, 2.24) is 19.3 Å². The van der Waals surface area contributed by atoms with Gasteiger partial charge >= 0.3 is 12.1 Å². The van der Waals surface area contributed by atoms with Gasteiger partial charge in [0.2, 0.25) is 5.91 Å². The number of nitrogens with zero attached hydrogens (tertiary/aromatic N) is 4. The van der Waals surface area contributed by atoms with Gasteiger partial charge in [-0.2, -0.15) is 13.2 Å². The molecule has 32 heavy (non-hydrogen) atoms. The molecule has 3 heterocycles. The average molecular weight is 454 g/mol. The predicted octanol–water partition coefficient (Wildman–Crippen LogP) is 2.32. The SMILES string of the molecule is Cc1cc(C(=O)CN2CCN(C(=O)C3CCCN3C(=O)C(F)(F)F)CC2)c(C)n1C1CC1. The number of alkyl halides is 3. The molecule has 7 nitrogen and oxygen atoms in total. The number of aromatic nitrogens is 1. The van der Waals surface area contributed by atoms with Gasteiger partial charge in [-0.3, -0.25) is 19.3 Å². The largest absolute Gasteiger partial charge is 0.471 e. The third kappa shape index (κ3) is 4.42. The number of likely N-dealkylation sites (tertiary alicyclic amines) is 1. The van der Waals surface area contributed by atoms with Gasteiger partial charge in [0.25, 0.3) is 0 Å². The van der Waals surface area contributed by atoms with Crippen molar-refractivity contribution < 1.29 is 27.6 Å². The number of hydrogen-bond donors (Lipinski definition) is 0. The number of hydrogen-bond acceptors (Lipinski definition) is 4. The van der Waals surface area contributed by atoms with Crippen molar-refractivity contribution in [3.05, 3.63) is 23.0 Å². The van der Waals surface area contributed by atoms with E-state index in [4.69, 9.17) is 0 Å². The van der Waals surface area contributed by atoms with Gasteiger partial charge in [0.1, 0.15) is 6.04 Å². The van der Waals surface area contributed by atoms with Gasteiger partial charge in [0, 0.05) is 55.7 Å². The molecule has 0 bridgehead atoms. The minimum atomic E-state index is -4.98. The smallest absolute Gasteiger partial charge is 0.345 e. The van der Waals surface area contributed by atoms with Crippen molar-refractivity contribution in [1.29, 1.82) is 0 Å². The summed E-state index contributed by atoms with van der Waals surface area (Å²) in [6, 6.07) is 1.40. The highest BCUT2D eigenvalue weighted by Crippen LogP contribution is 2.38. The first-order valence-corrected chi connectivity index (χ1v) is 11.2. The zero-order valence-corrected chi connectivity index (χ0v) is 18.5. The Bertz CT molecular complexity index is 914. The number of halogens is 3. The fourth-order valence-electron chi connectivity index (χ4n) is 5.01. The lowest BCUT2D eigenvalue weighted by Gasteiger charge is -2.37. The maximum absolute atomic E-state index is 12.9. The van der Waals surface area contributed by atoms with E-state index in [1.165, 1.54) is 4.90 Å². The van der Waals surface area contributed by atoms with Crippen LogP contribution in [0.2, 0.25) is 0 Å². The molecule has 1 aromatic rings. The van der Waals surface area contributed by atoms with Crippen LogP contribution in [0.3, 0.4) is 0 Å². The maximum Gasteiger partial charge on any atom is 0.471 e. The highest BCUT2D eigenvalue weighted by atomic mass is 19.4. The van der Waals surface area contributed by atoms with Gasteiger partial charge in [-0.15, -0.1) is 0 Å². The third-order valence-corrected chi connectivity index (χ3v) is 6.79. The molecule has 0 spiro atoms. The fraction of sp³-hybridized carbons (Fsp3) is 0.682. The summed E-state index contributed by atoms with van der Waals surface area (Å²) in [5, 5.41) is 0. The second-order valence-electron chi connectivity index (χ2n) is 9.06. The molecule has 1 saturated carbocycles. The van der Waals surface area contributed by atoms with Crippen LogP contribution in [-0.2, 0) is 9.59 Å². The summed E-state index contributed by atoms with van der Waals surface area (Å²) < 4.78 is 40.8. The third-order valence-electron chi connectivity index (χ3n) is 6.79. The summed E-state index contributed by atoms with van der Waals surface area (Å²) in [4.78, 5) is 41.5. The molecule has 176 valence electrons. The summed E-state index contributed by atoms with van der Waals surface area (Å²) >= 11 is 0. The van der Waals surface area contributed by atoms with Crippen LogP contribution in [0.1, 0.15) is 53.5 Å². The van der Waals surface area contributed by atoms with Gasteiger partial charge in [-0.05, 0) is 45.6 Å². The van der Waals surface area contributed by atoms with Crippen LogP contribution in [-0.4, -0.2) is 88.4 Å². The second-order valence-corrected chi connectivity index (χ2v) is 9.06. The van der Waals surface area contributed by atoms with Crippen LogP contribution in [0.15, 0.2) is 6.07 Å². The number of aryl methyl sites for hydroxylation is 1. The van der Waals surface area contributed by atoms with Gasteiger partial charge in [-0.25, -0.2) is 0 Å². The summed E-state index contributed by atoms with van der Waals surface area (Å²) in [5.74, 6) is -2.33. The Morgan fingerprint density at radius 3 is 2.25 bits per heavy atom. The molecule has 0 radical (unpaired) electrons. The van der Waals surface area contributed by atoms with Crippen LogP contribution < -0.4 is 0 Å². The Kier molecular flexibility index (Phi) is 6.08. The number of piperazine rings is 1. The maximum atomic E-state index is 12.9. The lowest BCUT2D eigenvalue weighted by Crippen LogP contribution is -2.56. The molecule has 1 aromatic heterocycles. The number of carbonyl (C=O) groups is 3. The van der Waals surface area contributed by atoms with E-state index in [2.05, 4.69) is 4.57 Å². The van der Waals surface area contributed by atoms with E-state index in [0.717, 1.165) is 29.8 Å². The first-order chi connectivity index (χ1) is 15.1. The average Bonchev–Trinajstić information content (AvgIpc) is 3.36.